The van der Waals surface area contributed by atoms with Crippen molar-refractivity contribution in [3.8, 4) is 0 Å². The maximum absolute atomic E-state index is 12.1. The molecule has 0 saturated heterocycles. The summed E-state index contributed by atoms with van der Waals surface area (Å²) >= 11 is 11.9. The summed E-state index contributed by atoms with van der Waals surface area (Å²) in [6, 6.07) is 6.16. The van der Waals surface area contributed by atoms with Crippen molar-refractivity contribution in [2.24, 2.45) is 0 Å². The van der Waals surface area contributed by atoms with E-state index in [0.29, 0.717) is 12.8 Å². The fourth-order valence-corrected chi connectivity index (χ4v) is 2.46. The average Bonchev–Trinajstić information content (AvgIpc) is 2.58. The van der Waals surface area contributed by atoms with Crippen LogP contribution in [0.3, 0.4) is 0 Å². The third kappa shape index (κ3) is 7.54. The summed E-state index contributed by atoms with van der Waals surface area (Å²) in [6.07, 6.45) is 4.89. The van der Waals surface area contributed by atoms with Crippen molar-refractivity contribution in [3.63, 3.8) is 0 Å². The Morgan fingerprint density at radius 2 is 1.33 bits per heavy atom. The van der Waals surface area contributed by atoms with Crippen molar-refractivity contribution in [3.05, 3.63) is 35.4 Å². The Morgan fingerprint density at radius 3 is 1.71 bits per heavy atom. The molecule has 0 heterocycles. The van der Waals surface area contributed by atoms with Gasteiger partial charge in [-0.3, -0.25) is 0 Å². The van der Waals surface area contributed by atoms with Crippen molar-refractivity contribution < 1.29 is 19.1 Å². The molecule has 0 aliphatic heterocycles. The standard InChI is InChI=1S/C18H24Cl2O4/c1-3-5-10-15(19)23-17(21)13-8-7-9-14(12-13)18(22)24-16(20)11-6-4-2/h7-9,12,15-16H,3-6,10-11H2,1-2H3. The molecular formula is C18H24Cl2O4. The number of hydrogen-bond acceptors (Lipinski definition) is 4. The van der Waals surface area contributed by atoms with Crippen LogP contribution in [0.1, 0.15) is 73.1 Å². The molecule has 0 saturated carbocycles. The van der Waals surface area contributed by atoms with Crippen molar-refractivity contribution >= 4 is 35.1 Å². The Morgan fingerprint density at radius 1 is 0.917 bits per heavy atom. The van der Waals surface area contributed by atoms with Crippen molar-refractivity contribution in [1.29, 1.82) is 0 Å². The third-order valence-corrected chi connectivity index (χ3v) is 3.99. The van der Waals surface area contributed by atoms with E-state index in [1.165, 1.54) is 6.07 Å². The SMILES string of the molecule is CCCCC(Cl)OC(=O)c1cccc(C(=O)OC(Cl)CCCC)c1. The second kappa shape index (κ2) is 11.3. The minimum Gasteiger partial charge on any atom is -0.442 e. The number of carbonyl (C=O) groups is 2. The first-order chi connectivity index (χ1) is 11.5. The third-order valence-electron chi connectivity index (χ3n) is 3.37. The second-order valence-corrected chi connectivity index (χ2v) is 6.47. The van der Waals surface area contributed by atoms with Gasteiger partial charge in [0.05, 0.1) is 11.1 Å². The molecule has 0 aliphatic carbocycles. The van der Waals surface area contributed by atoms with Gasteiger partial charge in [0.1, 0.15) is 0 Å². The minimum absolute atomic E-state index is 0.256. The van der Waals surface area contributed by atoms with E-state index in [1.54, 1.807) is 18.2 Å². The molecule has 2 atom stereocenters. The quantitative estimate of drug-likeness (QED) is 0.400. The average molecular weight is 375 g/mol. The Labute approximate surface area is 153 Å². The van der Waals surface area contributed by atoms with Gasteiger partial charge in [-0.15, -0.1) is 0 Å². The van der Waals surface area contributed by atoms with Crippen LogP contribution < -0.4 is 0 Å². The first-order valence-electron chi connectivity index (χ1n) is 8.28. The van der Waals surface area contributed by atoms with Gasteiger partial charge in [0, 0.05) is 0 Å². The Bertz CT molecular complexity index is 490. The summed E-state index contributed by atoms with van der Waals surface area (Å²) in [4.78, 5) is 24.1. The fraction of sp³-hybridized carbons (Fsp3) is 0.556. The van der Waals surface area contributed by atoms with Crippen LogP contribution in [-0.4, -0.2) is 23.1 Å². The summed E-state index contributed by atoms with van der Waals surface area (Å²) in [6.45, 7) is 4.07. The van der Waals surface area contributed by atoms with Gasteiger partial charge in [0.2, 0.25) is 0 Å². The maximum Gasteiger partial charge on any atom is 0.339 e. The molecular weight excluding hydrogens is 351 g/mol. The van der Waals surface area contributed by atoms with E-state index in [4.69, 9.17) is 32.7 Å². The Hall–Kier alpha value is -1.26. The number of halogens is 2. The Balaban J connectivity index is 2.65. The highest BCUT2D eigenvalue weighted by molar-refractivity contribution is 6.20. The fourth-order valence-electron chi connectivity index (χ4n) is 1.99. The van der Waals surface area contributed by atoms with Gasteiger partial charge in [-0.2, -0.15) is 0 Å². The van der Waals surface area contributed by atoms with E-state index in [-0.39, 0.29) is 11.1 Å². The van der Waals surface area contributed by atoms with Crippen LogP contribution in [0, 0.1) is 0 Å². The van der Waals surface area contributed by atoms with Crippen LogP contribution in [0.15, 0.2) is 24.3 Å². The highest BCUT2D eigenvalue weighted by Crippen LogP contribution is 2.16. The predicted molar refractivity (Wildman–Crippen MR) is 95.6 cm³/mol. The number of esters is 2. The van der Waals surface area contributed by atoms with E-state index >= 15 is 0 Å². The summed E-state index contributed by atoms with van der Waals surface area (Å²) in [5.74, 6) is -1.12. The molecule has 1 aromatic carbocycles. The Kier molecular flexibility index (Phi) is 9.80. The van der Waals surface area contributed by atoms with Crippen molar-refractivity contribution in [1.82, 2.24) is 0 Å². The normalized spacial score (nSPS) is 13.2. The zero-order valence-electron chi connectivity index (χ0n) is 14.1. The van der Waals surface area contributed by atoms with Gasteiger partial charge < -0.3 is 9.47 Å². The van der Waals surface area contributed by atoms with E-state index in [1.807, 2.05) is 13.8 Å². The highest BCUT2D eigenvalue weighted by Gasteiger charge is 2.17. The number of hydrogen-bond donors (Lipinski definition) is 0. The largest absolute Gasteiger partial charge is 0.442 e. The zero-order valence-corrected chi connectivity index (χ0v) is 15.6. The van der Waals surface area contributed by atoms with Crippen molar-refractivity contribution in [2.75, 3.05) is 0 Å². The molecule has 24 heavy (non-hydrogen) atoms. The van der Waals surface area contributed by atoms with Gasteiger partial charge in [0.25, 0.3) is 0 Å². The summed E-state index contributed by atoms with van der Waals surface area (Å²) in [5.41, 5.74) is -0.832. The first-order valence-corrected chi connectivity index (χ1v) is 9.15. The maximum atomic E-state index is 12.1. The van der Waals surface area contributed by atoms with Crippen LogP contribution >= 0.6 is 23.2 Å². The molecule has 0 radical (unpaired) electrons. The number of benzene rings is 1. The molecule has 1 aromatic rings. The molecule has 0 aliphatic rings. The topological polar surface area (TPSA) is 52.6 Å². The van der Waals surface area contributed by atoms with E-state index < -0.39 is 23.1 Å². The minimum atomic E-state index is -0.672. The van der Waals surface area contributed by atoms with Gasteiger partial charge in [-0.25, -0.2) is 9.59 Å². The number of ether oxygens (including phenoxy) is 2. The molecule has 1 rings (SSSR count). The van der Waals surface area contributed by atoms with E-state index in [0.717, 1.165) is 25.7 Å². The molecule has 0 N–H and O–H groups in total. The lowest BCUT2D eigenvalue weighted by Crippen LogP contribution is -2.15. The molecule has 2 unspecified atom stereocenters. The molecule has 0 aromatic heterocycles. The lowest BCUT2D eigenvalue weighted by molar-refractivity contribution is 0.0432. The molecule has 0 fully saturated rings. The lowest BCUT2D eigenvalue weighted by atomic mass is 10.1. The summed E-state index contributed by atoms with van der Waals surface area (Å²) in [5, 5.41) is 0. The lowest BCUT2D eigenvalue weighted by Gasteiger charge is -2.12. The smallest absolute Gasteiger partial charge is 0.339 e. The monoisotopic (exact) mass is 374 g/mol. The number of rotatable bonds is 10. The number of alkyl halides is 2. The molecule has 6 heteroatoms. The number of unbranched alkanes of at least 4 members (excludes halogenated alkanes) is 2. The first kappa shape index (κ1) is 20.8. The van der Waals surface area contributed by atoms with Gasteiger partial charge in [0.15, 0.2) is 11.1 Å². The van der Waals surface area contributed by atoms with Gasteiger partial charge in [-0.1, -0.05) is 56.0 Å². The zero-order chi connectivity index (χ0) is 17.9. The molecule has 0 amide bonds. The summed E-state index contributed by atoms with van der Waals surface area (Å²) < 4.78 is 10.3. The van der Waals surface area contributed by atoms with E-state index in [9.17, 15) is 9.59 Å². The van der Waals surface area contributed by atoms with Crippen LogP contribution in [0.5, 0.6) is 0 Å². The molecule has 134 valence electrons. The predicted octanol–water partition coefficient (Wildman–Crippen LogP) is 5.51. The molecule has 0 bridgehead atoms. The van der Waals surface area contributed by atoms with Crippen LogP contribution in [0.2, 0.25) is 0 Å². The van der Waals surface area contributed by atoms with Crippen molar-refractivity contribution in [2.45, 2.75) is 63.5 Å². The summed E-state index contributed by atoms with van der Waals surface area (Å²) in [7, 11) is 0. The van der Waals surface area contributed by atoms with Gasteiger partial charge in [-0.05, 0) is 43.9 Å². The molecule has 4 nitrogen and oxygen atoms in total. The van der Waals surface area contributed by atoms with Crippen LogP contribution in [-0.2, 0) is 9.47 Å². The van der Waals surface area contributed by atoms with Crippen LogP contribution in [0.4, 0.5) is 0 Å². The number of carbonyl (C=O) groups excluding carboxylic acids is 2. The van der Waals surface area contributed by atoms with E-state index in [2.05, 4.69) is 0 Å². The van der Waals surface area contributed by atoms with Crippen LogP contribution in [0.25, 0.3) is 0 Å². The molecule has 0 spiro atoms. The second-order valence-electron chi connectivity index (χ2n) is 5.50. The highest BCUT2D eigenvalue weighted by atomic mass is 35.5. The van der Waals surface area contributed by atoms with Gasteiger partial charge >= 0.3 is 11.9 Å².